The Morgan fingerprint density at radius 2 is 2.00 bits per heavy atom. The minimum atomic E-state index is -0.999. The maximum Gasteiger partial charge on any atom is 0.226 e. The van der Waals surface area contributed by atoms with Crippen molar-refractivity contribution in [2.75, 3.05) is 6.54 Å². The smallest absolute Gasteiger partial charge is 0.226 e. The maximum atomic E-state index is 13.5. The zero-order valence-corrected chi connectivity index (χ0v) is 14.5. The van der Waals surface area contributed by atoms with Gasteiger partial charge in [0.05, 0.1) is 24.2 Å². The molecule has 1 amide bonds. The van der Waals surface area contributed by atoms with Crippen molar-refractivity contribution in [2.45, 2.75) is 70.1 Å². The molecule has 0 spiro atoms. The number of β-amino-alcohol motifs (C(OH)–C–C–N with tert-alkyl or cyclic N) is 1. The third-order valence-corrected chi connectivity index (χ3v) is 4.74. The molecule has 1 aromatic rings. The summed E-state index contributed by atoms with van der Waals surface area (Å²) in [6, 6.07) is 5.82. The number of hydrogen-bond donors (Lipinski definition) is 2. The number of carbonyl (C=O) groups is 1. The predicted molar refractivity (Wildman–Crippen MR) is 90.9 cm³/mol. The first-order valence-corrected chi connectivity index (χ1v) is 8.84. The molecular weight excluding hydrogens is 309 g/mol. The molecule has 1 aromatic carbocycles. The lowest BCUT2D eigenvalue weighted by Gasteiger charge is -2.31. The molecule has 0 radical (unpaired) electrons. The first-order chi connectivity index (χ1) is 11.4. The van der Waals surface area contributed by atoms with Gasteiger partial charge >= 0.3 is 0 Å². The van der Waals surface area contributed by atoms with Gasteiger partial charge in [-0.2, -0.15) is 0 Å². The Labute approximate surface area is 143 Å². The maximum absolute atomic E-state index is 13.5. The molecule has 2 atom stereocenters. The summed E-state index contributed by atoms with van der Waals surface area (Å²) in [6.45, 7) is 4.20. The van der Waals surface area contributed by atoms with Crippen molar-refractivity contribution in [2.24, 2.45) is 0 Å². The molecule has 134 valence electrons. The van der Waals surface area contributed by atoms with Crippen molar-refractivity contribution in [1.82, 2.24) is 4.90 Å². The van der Waals surface area contributed by atoms with E-state index in [-0.39, 0.29) is 30.7 Å². The minimum absolute atomic E-state index is 0.0488. The summed E-state index contributed by atoms with van der Waals surface area (Å²) in [4.78, 5) is 14.4. The second-order valence-corrected chi connectivity index (χ2v) is 6.91. The van der Waals surface area contributed by atoms with Crippen molar-refractivity contribution in [1.29, 1.82) is 0 Å². The van der Waals surface area contributed by atoms with E-state index >= 15 is 0 Å². The molecule has 1 heterocycles. The minimum Gasteiger partial charge on any atom is -0.391 e. The van der Waals surface area contributed by atoms with Crippen LogP contribution in [0.1, 0.15) is 64.0 Å². The fraction of sp³-hybridized carbons (Fsp3) is 0.632. The van der Waals surface area contributed by atoms with E-state index in [4.69, 9.17) is 0 Å². The molecule has 5 heteroatoms. The molecule has 0 aliphatic carbocycles. The van der Waals surface area contributed by atoms with Crippen molar-refractivity contribution >= 4 is 5.91 Å². The molecule has 1 fully saturated rings. The third-order valence-electron chi connectivity index (χ3n) is 4.74. The van der Waals surface area contributed by atoms with Crippen molar-refractivity contribution < 1.29 is 19.4 Å². The van der Waals surface area contributed by atoms with Gasteiger partial charge in [-0.25, -0.2) is 4.39 Å². The molecule has 2 rings (SSSR count). The van der Waals surface area contributed by atoms with Crippen LogP contribution in [-0.4, -0.2) is 39.3 Å². The van der Waals surface area contributed by atoms with Crippen LogP contribution in [-0.2, 0) is 4.79 Å². The molecule has 0 aromatic heterocycles. The lowest BCUT2D eigenvalue weighted by molar-refractivity contribution is -0.138. The Kier molecular flexibility index (Phi) is 6.35. The molecule has 1 aliphatic rings. The van der Waals surface area contributed by atoms with Gasteiger partial charge in [0, 0.05) is 6.54 Å². The fourth-order valence-corrected chi connectivity index (χ4v) is 3.73. The van der Waals surface area contributed by atoms with Gasteiger partial charge in [-0.15, -0.1) is 0 Å². The second-order valence-electron chi connectivity index (χ2n) is 6.91. The van der Waals surface area contributed by atoms with Crippen molar-refractivity contribution in [3.63, 3.8) is 0 Å². The summed E-state index contributed by atoms with van der Waals surface area (Å²) in [7, 11) is 0. The summed E-state index contributed by atoms with van der Waals surface area (Å²) >= 11 is 0. The van der Waals surface area contributed by atoms with E-state index in [9.17, 15) is 19.4 Å². The lowest BCUT2D eigenvalue weighted by atomic mass is 9.88. The predicted octanol–water partition coefficient (Wildman–Crippen LogP) is 3.18. The normalized spacial score (nSPS) is 21.3. The SMILES string of the molecule is CCCC(O)(CCC)CC(=O)N1CC(O)CC1c1cccc(F)c1. The summed E-state index contributed by atoms with van der Waals surface area (Å²) in [5.41, 5.74) is -0.310. The summed E-state index contributed by atoms with van der Waals surface area (Å²) < 4.78 is 13.5. The average molecular weight is 337 g/mol. The standard InChI is InChI=1S/C19H28FNO3/c1-3-8-19(24,9-4-2)12-18(23)21-13-16(22)11-17(21)14-6-5-7-15(20)10-14/h5-7,10,16-17,22,24H,3-4,8-9,11-13H2,1-2H3. The van der Waals surface area contributed by atoms with Crippen LogP contribution < -0.4 is 0 Å². The first kappa shape index (κ1) is 18.9. The number of aliphatic hydroxyl groups is 2. The summed E-state index contributed by atoms with van der Waals surface area (Å²) in [5, 5.41) is 20.7. The zero-order chi connectivity index (χ0) is 17.7. The molecule has 2 N–H and O–H groups in total. The zero-order valence-electron chi connectivity index (χ0n) is 14.5. The largest absolute Gasteiger partial charge is 0.391 e. The van der Waals surface area contributed by atoms with E-state index < -0.39 is 11.7 Å². The highest BCUT2D eigenvalue weighted by molar-refractivity contribution is 5.78. The van der Waals surface area contributed by atoms with E-state index in [0.717, 1.165) is 12.8 Å². The third kappa shape index (κ3) is 4.54. The number of aliphatic hydroxyl groups excluding tert-OH is 1. The van der Waals surface area contributed by atoms with Crippen LogP contribution in [0.3, 0.4) is 0 Å². The molecule has 1 aliphatic heterocycles. The van der Waals surface area contributed by atoms with Crippen LogP contribution in [0.4, 0.5) is 4.39 Å². The van der Waals surface area contributed by atoms with Crippen LogP contribution >= 0.6 is 0 Å². The number of rotatable bonds is 7. The molecule has 24 heavy (non-hydrogen) atoms. The molecular formula is C19H28FNO3. The topological polar surface area (TPSA) is 60.8 Å². The van der Waals surface area contributed by atoms with Crippen LogP contribution in [0.15, 0.2) is 24.3 Å². The van der Waals surface area contributed by atoms with E-state index in [1.165, 1.54) is 12.1 Å². The van der Waals surface area contributed by atoms with Crippen LogP contribution in [0.5, 0.6) is 0 Å². The molecule has 0 saturated carbocycles. The highest BCUT2D eigenvalue weighted by Gasteiger charge is 2.38. The molecule has 2 unspecified atom stereocenters. The number of likely N-dealkylation sites (tertiary alicyclic amines) is 1. The van der Waals surface area contributed by atoms with Crippen LogP contribution in [0, 0.1) is 5.82 Å². The number of amides is 1. The monoisotopic (exact) mass is 337 g/mol. The van der Waals surface area contributed by atoms with Gasteiger partial charge in [-0.1, -0.05) is 38.8 Å². The number of benzene rings is 1. The first-order valence-electron chi connectivity index (χ1n) is 8.84. The average Bonchev–Trinajstić information content (AvgIpc) is 2.89. The quantitative estimate of drug-likeness (QED) is 0.803. The van der Waals surface area contributed by atoms with Crippen molar-refractivity contribution in [3.05, 3.63) is 35.6 Å². The Hall–Kier alpha value is -1.46. The summed E-state index contributed by atoms with van der Waals surface area (Å²) in [5.74, 6) is -0.528. The van der Waals surface area contributed by atoms with E-state index in [1.807, 2.05) is 13.8 Å². The number of nitrogens with zero attached hydrogens (tertiary/aromatic N) is 1. The van der Waals surface area contributed by atoms with Gasteiger partial charge in [0.1, 0.15) is 5.82 Å². The van der Waals surface area contributed by atoms with E-state index in [1.54, 1.807) is 17.0 Å². The van der Waals surface area contributed by atoms with Crippen LogP contribution in [0.2, 0.25) is 0 Å². The molecule has 1 saturated heterocycles. The van der Waals surface area contributed by atoms with E-state index in [2.05, 4.69) is 0 Å². The molecule has 0 bridgehead atoms. The Balaban J connectivity index is 2.16. The number of halogens is 1. The summed E-state index contributed by atoms with van der Waals surface area (Å²) in [6.07, 6.45) is 2.59. The van der Waals surface area contributed by atoms with Gasteiger partial charge < -0.3 is 15.1 Å². The van der Waals surface area contributed by atoms with E-state index in [0.29, 0.717) is 24.8 Å². The Morgan fingerprint density at radius 1 is 1.33 bits per heavy atom. The van der Waals surface area contributed by atoms with Gasteiger partial charge in [0.2, 0.25) is 5.91 Å². The second kappa shape index (κ2) is 8.08. The Bertz CT molecular complexity index is 557. The van der Waals surface area contributed by atoms with Crippen LogP contribution in [0.25, 0.3) is 0 Å². The highest BCUT2D eigenvalue weighted by Crippen LogP contribution is 2.35. The van der Waals surface area contributed by atoms with Crippen molar-refractivity contribution in [3.8, 4) is 0 Å². The van der Waals surface area contributed by atoms with Gasteiger partial charge in [-0.05, 0) is 37.0 Å². The Morgan fingerprint density at radius 3 is 2.58 bits per heavy atom. The van der Waals surface area contributed by atoms with Gasteiger partial charge in [-0.3, -0.25) is 4.79 Å². The fourth-order valence-electron chi connectivity index (χ4n) is 3.73. The molecule has 4 nitrogen and oxygen atoms in total. The number of hydrogen-bond acceptors (Lipinski definition) is 3. The van der Waals surface area contributed by atoms with Gasteiger partial charge in [0.15, 0.2) is 0 Å². The number of carbonyl (C=O) groups excluding carboxylic acids is 1. The van der Waals surface area contributed by atoms with Gasteiger partial charge in [0.25, 0.3) is 0 Å². The highest BCUT2D eigenvalue weighted by atomic mass is 19.1. The lowest BCUT2D eigenvalue weighted by Crippen LogP contribution is -2.39.